The first-order valence-corrected chi connectivity index (χ1v) is 5.75. The van der Waals surface area contributed by atoms with Gasteiger partial charge in [-0.15, -0.1) is 0 Å². The number of methoxy groups -OCH3 is 1. The molecule has 20 heavy (non-hydrogen) atoms. The first-order chi connectivity index (χ1) is 9.52. The summed E-state index contributed by atoms with van der Waals surface area (Å²) in [5, 5.41) is 10.8. The minimum atomic E-state index is -0.611. The van der Waals surface area contributed by atoms with Crippen molar-refractivity contribution in [3.8, 4) is 5.75 Å². The average Bonchev–Trinajstić information content (AvgIpc) is 2.47. The Hall–Kier alpha value is -2.89. The lowest BCUT2D eigenvalue weighted by atomic mass is 10.0. The van der Waals surface area contributed by atoms with Crippen LogP contribution in [-0.4, -0.2) is 17.8 Å². The number of nitro benzene ring substituents is 1. The maximum atomic E-state index is 12.2. The second-order valence-electron chi connectivity index (χ2n) is 4.09. The van der Waals surface area contributed by atoms with Gasteiger partial charge in [-0.1, -0.05) is 0 Å². The number of nitro groups is 1. The second kappa shape index (κ2) is 5.40. The summed E-state index contributed by atoms with van der Waals surface area (Å²) in [6, 6.07) is 10.5. The third-order valence-electron chi connectivity index (χ3n) is 2.84. The number of ketones is 1. The summed E-state index contributed by atoms with van der Waals surface area (Å²) in [5.41, 5.74) is 5.89. The molecule has 0 aliphatic rings. The molecule has 0 fully saturated rings. The van der Waals surface area contributed by atoms with Gasteiger partial charge in [-0.05, 0) is 36.4 Å². The highest BCUT2D eigenvalue weighted by Gasteiger charge is 2.16. The molecule has 2 aromatic carbocycles. The van der Waals surface area contributed by atoms with Crippen molar-refractivity contribution in [3.63, 3.8) is 0 Å². The molecular formula is C14H12N2O4. The molecule has 2 aromatic rings. The van der Waals surface area contributed by atoms with E-state index in [-0.39, 0.29) is 22.7 Å². The molecule has 102 valence electrons. The Bertz CT molecular complexity index is 665. The fourth-order valence-corrected chi connectivity index (χ4v) is 1.75. The van der Waals surface area contributed by atoms with Crippen LogP contribution in [0, 0.1) is 10.1 Å². The van der Waals surface area contributed by atoms with Gasteiger partial charge < -0.3 is 10.5 Å². The highest BCUT2D eigenvalue weighted by Crippen LogP contribution is 2.24. The molecule has 0 atom stereocenters. The lowest BCUT2D eigenvalue weighted by Crippen LogP contribution is -2.04. The van der Waals surface area contributed by atoms with Gasteiger partial charge in [-0.2, -0.15) is 0 Å². The van der Waals surface area contributed by atoms with Crippen LogP contribution < -0.4 is 10.5 Å². The van der Waals surface area contributed by atoms with Crippen LogP contribution >= 0.6 is 0 Å². The van der Waals surface area contributed by atoms with Crippen LogP contribution in [0.1, 0.15) is 15.9 Å². The summed E-state index contributed by atoms with van der Waals surface area (Å²) in [5.74, 6) is 0.320. The summed E-state index contributed by atoms with van der Waals surface area (Å²) in [6.45, 7) is 0. The SMILES string of the molecule is COc1ccc(C(=O)c2ccc(N)c([N+](=O)[O-])c2)cc1. The van der Waals surface area contributed by atoms with Gasteiger partial charge >= 0.3 is 0 Å². The topological polar surface area (TPSA) is 95.5 Å². The number of nitrogens with zero attached hydrogens (tertiary/aromatic N) is 1. The Morgan fingerprint density at radius 3 is 2.30 bits per heavy atom. The molecular weight excluding hydrogens is 260 g/mol. The summed E-state index contributed by atoms with van der Waals surface area (Å²) in [4.78, 5) is 22.4. The molecule has 0 saturated heterocycles. The molecule has 2 N–H and O–H groups in total. The van der Waals surface area contributed by atoms with Gasteiger partial charge in [0.15, 0.2) is 5.78 Å². The zero-order chi connectivity index (χ0) is 14.7. The van der Waals surface area contributed by atoms with E-state index in [1.807, 2.05) is 0 Å². The van der Waals surface area contributed by atoms with E-state index in [0.29, 0.717) is 11.3 Å². The summed E-state index contributed by atoms with van der Waals surface area (Å²) < 4.78 is 5.00. The van der Waals surface area contributed by atoms with Gasteiger partial charge in [0.2, 0.25) is 0 Å². The first-order valence-electron chi connectivity index (χ1n) is 5.75. The van der Waals surface area contributed by atoms with E-state index in [9.17, 15) is 14.9 Å². The zero-order valence-corrected chi connectivity index (χ0v) is 10.7. The predicted molar refractivity (Wildman–Crippen MR) is 73.9 cm³/mol. The van der Waals surface area contributed by atoms with Crippen molar-refractivity contribution in [2.45, 2.75) is 0 Å². The average molecular weight is 272 g/mol. The Morgan fingerprint density at radius 2 is 1.75 bits per heavy atom. The van der Waals surface area contributed by atoms with Crippen molar-refractivity contribution in [1.29, 1.82) is 0 Å². The minimum absolute atomic E-state index is 0.0290. The van der Waals surface area contributed by atoms with Crippen LogP contribution in [0.25, 0.3) is 0 Å². The molecule has 0 aliphatic carbocycles. The van der Waals surface area contributed by atoms with Crippen LogP contribution in [0.2, 0.25) is 0 Å². The van der Waals surface area contributed by atoms with Gasteiger partial charge in [-0.3, -0.25) is 14.9 Å². The van der Waals surface area contributed by atoms with E-state index >= 15 is 0 Å². The fourth-order valence-electron chi connectivity index (χ4n) is 1.75. The highest BCUT2D eigenvalue weighted by atomic mass is 16.6. The van der Waals surface area contributed by atoms with Crippen molar-refractivity contribution >= 4 is 17.2 Å². The molecule has 0 aliphatic heterocycles. The fraction of sp³-hybridized carbons (Fsp3) is 0.0714. The van der Waals surface area contributed by atoms with Crippen molar-refractivity contribution in [2.24, 2.45) is 0 Å². The minimum Gasteiger partial charge on any atom is -0.497 e. The summed E-state index contributed by atoms with van der Waals surface area (Å²) >= 11 is 0. The molecule has 0 amide bonds. The largest absolute Gasteiger partial charge is 0.497 e. The van der Waals surface area contributed by atoms with E-state index in [4.69, 9.17) is 10.5 Å². The molecule has 2 rings (SSSR count). The van der Waals surface area contributed by atoms with Crippen molar-refractivity contribution in [3.05, 3.63) is 63.7 Å². The van der Waals surface area contributed by atoms with Crippen LogP contribution in [0.15, 0.2) is 42.5 Å². The molecule has 0 spiro atoms. The van der Waals surface area contributed by atoms with Crippen LogP contribution in [0.5, 0.6) is 5.75 Å². The number of rotatable bonds is 4. The molecule has 0 bridgehead atoms. The molecule has 0 saturated carbocycles. The van der Waals surface area contributed by atoms with E-state index < -0.39 is 4.92 Å². The Morgan fingerprint density at radius 1 is 1.15 bits per heavy atom. The lowest BCUT2D eigenvalue weighted by Gasteiger charge is -2.04. The number of carbonyl (C=O) groups is 1. The smallest absolute Gasteiger partial charge is 0.292 e. The van der Waals surface area contributed by atoms with Gasteiger partial charge in [0, 0.05) is 17.2 Å². The third-order valence-corrected chi connectivity index (χ3v) is 2.84. The molecule has 6 heteroatoms. The molecule has 0 unspecified atom stereocenters. The zero-order valence-electron chi connectivity index (χ0n) is 10.7. The lowest BCUT2D eigenvalue weighted by molar-refractivity contribution is -0.383. The number of hydrogen-bond acceptors (Lipinski definition) is 5. The first kappa shape index (κ1) is 13.5. The van der Waals surface area contributed by atoms with Gasteiger partial charge in [0.25, 0.3) is 5.69 Å². The molecule has 0 aromatic heterocycles. The maximum absolute atomic E-state index is 12.2. The van der Waals surface area contributed by atoms with Gasteiger partial charge in [0.05, 0.1) is 12.0 Å². The Kier molecular flexibility index (Phi) is 3.65. The van der Waals surface area contributed by atoms with E-state index in [2.05, 4.69) is 0 Å². The second-order valence-corrected chi connectivity index (χ2v) is 4.09. The van der Waals surface area contributed by atoms with E-state index in [1.54, 1.807) is 24.3 Å². The van der Waals surface area contributed by atoms with E-state index in [0.717, 1.165) is 0 Å². The number of anilines is 1. The number of carbonyl (C=O) groups excluding carboxylic acids is 1. The molecule has 6 nitrogen and oxygen atoms in total. The number of benzene rings is 2. The van der Waals surface area contributed by atoms with Crippen molar-refractivity contribution in [2.75, 3.05) is 12.8 Å². The number of nitrogens with two attached hydrogens (primary N) is 1. The molecule has 0 radical (unpaired) electrons. The van der Waals surface area contributed by atoms with Crippen LogP contribution in [0.3, 0.4) is 0 Å². The Balaban J connectivity index is 2.37. The molecule has 0 heterocycles. The number of ether oxygens (including phenoxy) is 1. The maximum Gasteiger partial charge on any atom is 0.292 e. The van der Waals surface area contributed by atoms with Crippen molar-refractivity contribution in [1.82, 2.24) is 0 Å². The number of nitrogen functional groups attached to an aromatic ring is 1. The van der Waals surface area contributed by atoms with E-state index in [1.165, 1.54) is 25.3 Å². The van der Waals surface area contributed by atoms with Crippen LogP contribution in [0.4, 0.5) is 11.4 Å². The Labute approximate surface area is 114 Å². The van der Waals surface area contributed by atoms with Crippen molar-refractivity contribution < 1.29 is 14.5 Å². The normalized spacial score (nSPS) is 10.1. The summed E-state index contributed by atoms with van der Waals surface area (Å²) in [7, 11) is 1.53. The van der Waals surface area contributed by atoms with Gasteiger partial charge in [0.1, 0.15) is 11.4 Å². The highest BCUT2D eigenvalue weighted by molar-refractivity contribution is 6.09. The van der Waals surface area contributed by atoms with Crippen LogP contribution in [-0.2, 0) is 0 Å². The standard InChI is InChI=1S/C14H12N2O4/c1-20-11-5-2-9(3-6-11)14(17)10-4-7-12(15)13(8-10)16(18)19/h2-8H,15H2,1H3. The quantitative estimate of drug-likeness (QED) is 0.399. The predicted octanol–water partition coefficient (Wildman–Crippen LogP) is 2.42. The third kappa shape index (κ3) is 2.59. The summed E-state index contributed by atoms with van der Waals surface area (Å²) in [6.07, 6.45) is 0. The monoisotopic (exact) mass is 272 g/mol. The number of hydrogen-bond donors (Lipinski definition) is 1. The van der Waals surface area contributed by atoms with Gasteiger partial charge in [-0.25, -0.2) is 0 Å².